The number of anilines is 1. The highest BCUT2D eigenvalue weighted by atomic mass is 32.2. The van der Waals surface area contributed by atoms with Crippen LogP contribution in [-0.2, 0) is 11.2 Å². The number of carbonyl (C=O) groups is 1. The van der Waals surface area contributed by atoms with Gasteiger partial charge in [0.15, 0.2) is 5.16 Å². The van der Waals surface area contributed by atoms with E-state index in [1.165, 1.54) is 29.3 Å². The molecule has 1 N–H and O–H groups in total. The summed E-state index contributed by atoms with van der Waals surface area (Å²) < 4.78 is 7.64. The molecule has 2 heterocycles. The molecule has 0 atom stereocenters. The molecular formula is C25H31N5O2S. The number of aryl methyl sites for hydroxylation is 1. The fraction of sp³-hybridized carbons (Fsp3) is 0.400. The third-order valence-corrected chi connectivity index (χ3v) is 6.82. The molecule has 2 aromatic carbocycles. The molecule has 0 spiro atoms. The van der Waals surface area contributed by atoms with Gasteiger partial charge in [-0.05, 0) is 55.9 Å². The zero-order valence-electron chi connectivity index (χ0n) is 19.3. The van der Waals surface area contributed by atoms with Gasteiger partial charge in [0.2, 0.25) is 11.9 Å². The molecule has 4 rings (SSSR count). The van der Waals surface area contributed by atoms with Gasteiger partial charge in [-0.3, -0.25) is 9.36 Å². The second-order valence-corrected chi connectivity index (χ2v) is 9.10. The number of thioether (sulfide) groups is 1. The van der Waals surface area contributed by atoms with Crippen molar-refractivity contribution in [2.75, 3.05) is 37.4 Å². The lowest BCUT2D eigenvalue weighted by Crippen LogP contribution is -2.32. The molecule has 3 aromatic rings. The molecule has 0 radical (unpaired) electrons. The van der Waals surface area contributed by atoms with Crippen molar-refractivity contribution in [3.63, 3.8) is 0 Å². The van der Waals surface area contributed by atoms with Crippen LogP contribution in [0, 0.1) is 6.92 Å². The van der Waals surface area contributed by atoms with E-state index in [-0.39, 0.29) is 11.7 Å². The van der Waals surface area contributed by atoms with Gasteiger partial charge in [-0.1, -0.05) is 48.2 Å². The number of piperidine rings is 1. The van der Waals surface area contributed by atoms with Crippen molar-refractivity contribution in [1.29, 1.82) is 0 Å². The number of nitrogens with zero attached hydrogens (tertiary/aromatic N) is 4. The second-order valence-electron chi connectivity index (χ2n) is 8.15. The number of hydrogen-bond donors (Lipinski definition) is 1. The van der Waals surface area contributed by atoms with Crippen LogP contribution >= 0.6 is 11.8 Å². The molecule has 1 aliphatic rings. The van der Waals surface area contributed by atoms with Gasteiger partial charge >= 0.3 is 0 Å². The van der Waals surface area contributed by atoms with Crippen molar-refractivity contribution in [3.8, 4) is 11.4 Å². The molecule has 0 unspecified atom stereocenters. The van der Waals surface area contributed by atoms with Crippen molar-refractivity contribution in [1.82, 2.24) is 20.1 Å². The van der Waals surface area contributed by atoms with E-state index in [9.17, 15) is 4.79 Å². The Morgan fingerprint density at radius 2 is 1.82 bits per heavy atom. The number of amides is 1. The molecule has 0 saturated carbocycles. The molecule has 1 amide bonds. The number of carbonyl (C=O) groups excluding carboxylic acids is 1. The lowest BCUT2D eigenvalue weighted by Gasteiger charge is -2.28. The van der Waals surface area contributed by atoms with Gasteiger partial charge in [-0.25, -0.2) is 0 Å². The van der Waals surface area contributed by atoms with E-state index in [1.54, 1.807) is 7.11 Å². The highest BCUT2D eigenvalue weighted by Gasteiger charge is 2.23. The van der Waals surface area contributed by atoms with Gasteiger partial charge in [0, 0.05) is 19.6 Å². The molecule has 1 aromatic heterocycles. The Bertz CT molecular complexity index is 1080. The summed E-state index contributed by atoms with van der Waals surface area (Å²) in [6.07, 6.45) is 4.35. The molecule has 0 bridgehead atoms. The van der Waals surface area contributed by atoms with Gasteiger partial charge in [-0.15, -0.1) is 10.2 Å². The van der Waals surface area contributed by atoms with Crippen LogP contribution < -0.4 is 15.0 Å². The summed E-state index contributed by atoms with van der Waals surface area (Å²) in [5.74, 6) is 1.82. The number of nitrogens with one attached hydrogen (secondary N) is 1. The van der Waals surface area contributed by atoms with E-state index in [4.69, 9.17) is 4.74 Å². The van der Waals surface area contributed by atoms with E-state index in [0.29, 0.717) is 11.7 Å². The van der Waals surface area contributed by atoms with E-state index < -0.39 is 0 Å². The Labute approximate surface area is 199 Å². The quantitative estimate of drug-likeness (QED) is 0.481. The van der Waals surface area contributed by atoms with E-state index >= 15 is 0 Å². The largest absolute Gasteiger partial charge is 0.495 e. The van der Waals surface area contributed by atoms with Gasteiger partial charge < -0.3 is 15.0 Å². The van der Waals surface area contributed by atoms with Crippen LogP contribution in [0.1, 0.15) is 30.4 Å². The number of aromatic nitrogens is 3. The van der Waals surface area contributed by atoms with Crippen molar-refractivity contribution in [2.24, 2.45) is 0 Å². The normalized spacial score (nSPS) is 13.7. The van der Waals surface area contributed by atoms with E-state index in [0.717, 1.165) is 49.7 Å². The van der Waals surface area contributed by atoms with Crippen LogP contribution in [0.3, 0.4) is 0 Å². The van der Waals surface area contributed by atoms with E-state index in [1.807, 2.05) is 41.0 Å². The maximum Gasteiger partial charge on any atom is 0.232 e. The third kappa shape index (κ3) is 5.68. The number of ether oxygens (including phenoxy) is 1. The zero-order valence-corrected chi connectivity index (χ0v) is 20.1. The Morgan fingerprint density at radius 3 is 2.61 bits per heavy atom. The predicted octanol–water partition coefficient (Wildman–Crippen LogP) is 4.03. The smallest absolute Gasteiger partial charge is 0.232 e. The fourth-order valence-corrected chi connectivity index (χ4v) is 4.86. The minimum Gasteiger partial charge on any atom is -0.495 e. The van der Waals surface area contributed by atoms with Gasteiger partial charge in [0.25, 0.3) is 0 Å². The number of hydrogen-bond acceptors (Lipinski definition) is 6. The maximum absolute atomic E-state index is 12.5. The minimum absolute atomic E-state index is 0.0114. The lowest BCUT2D eigenvalue weighted by molar-refractivity contribution is -0.118. The van der Waals surface area contributed by atoms with Crippen LogP contribution in [0.25, 0.3) is 5.69 Å². The molecule has 7 nitrogen and oxygen atoms in total. The van der Waals surface area contributed by atoms with Crippen LogP contribution in [0.2, 0.25) is 0 Å². The van der Waals surface area contributed by atoms with Crippen molar-refractivity contribution in [2.45, 2.75) is 37.8 Å². The third-order valence-electron chi connectivity index (χ3n) is 5.89. The summed E-state index contributed by atoms with van der Waals surface area (Å²) in [4.78, 5) is 14.8. The Kier molecular flexibility index (Phi) is 7.88. The predicted molar refractivity (Wildman–Crippen MR) is 133 cm³/mol. The van der Waals surface area contributed by atoms with Crippen molar-refractivity contribution in [3.05, 3.63) is 59.7 Å². The summed E-state index contributed by atoms with van der Waals surface area (Å²) in [5, 5.41) is 12.7. The Hall–Kier alpha value is -3.00. The number of methoxy groups -OCH3 is 1. The maximum atomic E-state index is 12.5. The molecule has 174 valence electrons. The summed E-state index contributed by atoms with van der Waals surface area (Å²) >= 11 is 1.40. The van der Waals surface area contributed by atoms with Gasteiger partial charge in [0.05, 0.1) is 18.6 Å². The average Bonchev–Trinajstić information content (AvgIpc) is 3.28. The van der Waals surface area contributed by atoms with Gasteiger partial charge in [0.1, 0.15) is 5.75 Å². The highest BCUT2D eigenvalue weighted by Crippen LogP contribution is 2.32. The Balaban J connectivity index is 1.46. The van der Waals surface area contributed by atoms with Crippen molar-refractivity contribution >= 4 is 23.6 Å². The molecule has 0 aliphatic carbocycles. The van der Waals surface area contributed by atoms with E-state index in [2.05, 4.69) is 39.5 Å². The first-order valence-electron chi connectivity index (χ1n) is 11.4. The molecule has 1 aliphatic heterocycles. The Morgan fingerprint density at radius 1 is 1.06 bits per heavy atom. The van der Waals surface area contributed by atoms with Gasteiger partial charge in [-0.2, -0.15) is 0 Å². The number of benzene rings is 2. The topological polar surface area (TPSA) is 72.3 Å². The minimum atomic E-state index is -0.0114. The fourth-order valence-electron chi connectivity index (χ4n) is 4.09. The highest BCUT2D eigenvalue weighted by molar-refractivity contribution is 7.99. The summed E-state index contributed by atoms with van der Waals surface area (Å²) in [7, 11) is 1.67. The SMILES string of the molecule is COc1ccccc1-n1c(SCC(=O)NCCc2ccccc2C)nnc1N1CCCCC1. The van der Waals surface area contributed by atoms with Crippen LogP contribution in [0.15, 0.2) is 53.7 Å². The molecule has 1 saturated heterocycles. The standard InChI is InChI=1S/C25H31N5O2S/c1-19-10-4-5-11-20(19)14-15-26-23(31)18-33-25-28-27-24(29-16-8-3-9-17-29)30(25)21-12-6-7-13-22(21)32-2/h4-7,10-13H,3,8-9,14-18H2,1-2H3,(H,26,31). The summed E-state index contributed by atoms with van der Waals surface area (Å²) in [6, 6.07) is 16.1. The van der Waals surface area contributed by atoms with Crippen molar-refractivity contribution < 1.29 is 9.53 Å². The average molecular weight is 466 g/mol. The molecule has 1 fully saturated rings. The first-order valence-corrected chi connectivity index (χ1v) is 12.4. The zero-order chi connectivity index (χ0) is 23.0. The summed E-state index contributed by atoms with van der Waals surface area (Å²) in [5.41, 5.74) is 3.39. The number of rotatable bonds is 9. The first kappa shape index (κ1) is 23.2. The second kappa shape index (κ2) is 11.2. The summed E-state index contributed by atoms with van der Waals surface area (Å²) in [6.45, 7) is 4.62. The van der Waals surface area contributed by atoms with Crippen LogP contribution in [0.5, 0.6) is 5.75 Å². The molecule has 8 heteroatoms. The van der Waals surface area contributed by atoms with Crippen LogP contribution in [-0.4, -0.2) is 53.2 Å². The molecular weight excluding hydrogens is 434 g/mol. The molecule has 33 heavy (non-hydrogen) atoms. The number of para-hydroxylation sites is 2. The lowest BCUT2D eigenvalue weighted by atomic mass is 10.1. The first-order chi connectivity index (χ1) is 16.2. The van der Waals surface area contributed by atoms with Crippen LogP contribution in [0.4, 0.5) is 5.95 Å². The monoisotopic (exact) mass is 465 g/mol.